The van der Waals surface area contributed by atoms with E-state index in [0.29, 0.717) is 28.5 Å². The Hall–Kier alpha value is -4.13. The highest BCUT2D eigenvalue weighted by molar-refractivity contribution is 5.60. The Bertz CT molecular complexity index is 1300. The summed E-state index contributed by atoms with van der Waals surface area (Å²) in [6, 6.07) is 13.9. The second kappa shape index (κ2) is 8.19. The lowest BCUT2D eigenvalue weighted by molar-refractivity contribution is -0.137. The van der Waals surface area contributed by atoms with Crippen LogP contribution in [0.2, 0.25) is 0 Å². The van der Waals surface area contributed by atoms with Crippen molar-refractivity contribution in [2.24, 2.45) is 0 Å². The number of rotatable bonds is 5. The van der Waals surface area contributed by atoms with Crippen LogP contribution in [0.1, 0.15) is 23.7 Å². The van der Waals surface area contributed by atoms with Gasteiger partial charge in [0.15, 0.2) is 5.82 Å². The standard InChI is InChI=1S/C22H17F3N6O/c1-3-32-21-29-19(14(2)30(21)18-6-4-5-16(11-18)22(23,24)25)20-27-13-28-31(20)17-9-7-15(12-26)8-10-17/h4-11,13H,3H2,1-2H3. The summed E-state index contributed by atoms with van der Waals surface area (Å²) in [5, 5.41) is 13.3. The van der Waals surface area contributed by atoms with Crippen molar-refractivity contribution in [2.45, 2.75) is 20.0 Å². The summed E-state index contributed by atoms with van der Waals surface area (Å²) >= 11 is 0. The summed E-state index contributed by atoms with van der Waals surface area (Å²) in [7, 11) is 0. The third-order valence-corrected chi connectivity index (χ3v) is 4.78. The minimum atomic E-state index is -4.48. The van der Waals surface area contributed by atoms with Gasteiger partial charge in [-0.05, 0) is 56.3 Å². The maximum absolute atomic E-state index is 13.3. The van der Waals surface area contributed by atoms with E-state index in [4.69, 9.17) is 10.00 Å². The number of aromatic nitrogens is 5. The molecule has 0 saturated carbocycles. The van der Waals surface area contributed by atoms with Gasteiger partial charge in [0.2, 0.25) is 0 Å². The van der Waals surface area contributed by atoms with Crippen molar-refractivity contribution in [3.8, 4) is 35.0 Å². The van der Waals surface area contributed by atoms with Gasteiger partial charge in [-0.25, -0.2) is 9.67 Å². The molecule has 4 rings (SSSR count). The van der Waals surface area contributed by atoms with Gasteiger partial charge in [-0.1, -0.05) is 6.07 Å². The third-order valence-electron chi connectivity index (χ3n) is 4.78. The number of benzene rings is 2. The van der Waals surface area contributed by atoms with E-state index in [2.05, 4.69) is 21.1 Å². The topological polar surface area (TPSA) is 81.6 Å². The van der Waals surface area contributed by atoms with E-state index in [1.54, 1.807) is 48.9 Å². The van der Waals surface area contributed by atoms with E-state index in [-0.39, 0.29) is 18.3 Å². The summed E-state index contributed by atoms with van der Waals surface area (Å²) in [4.78, 5) is 8.82. The Kier molecular flexibility index (Phi) is 5.40. The SMILES string of the molecule is CCOc1nc(-c2ncnn2-c2ccc(C#N)cc2)c(C)n1-c1cccc(C(F)(F)F)c1. The van der Waals surface area contributed by atoms with Crippen LogP contribution in [-0.4, -0.2) is 30.9 Å². The number of alkyl halides is 3. The molecule has 4 aromatic rings. The van der Waals surface area contributed by atoms with Gasteiger partial charge in [0.25, 0.3) is 0 Å². The molecule has 0 saturated heterocycles. The van der Waals surface area contributed by atoms with Crippen LogP contribution < -0.4 is 4.74 Å². The molecule has 0 atom stereocenters. The molecule has 0 unspecified atom stereocenters. The second-order valence-electron chi connectivity index (χ2n) is 6.80. The van der Waals surface area contributed by atoms with E-state index in [1.165, 1.54) is 17.0 Å². The average Bonchev–Trinajstić information content (AvgIpc) is 3.38. The Morgan fingerprint density at radius 3 is 2.50 bits per heavy atom. The van der Waals surface area contributed by atoms with E-state index < -0.39 is 11.7 Å². The molecular formula is C22H17F3N6O. The van der Waals surface area contributed by atoms with E-state index >= 15 is 0 Å². The molecule has 0 spiro atoms. The van der Waals surface area contributed by atoms with Crippen LogP contribution in [0.4, 0.5) is 13.2 Å². The molecular weight excluding hydrogens is 421 g/mol. The van der Waals surface area contributed by atoms with Gasteiger partial charge in [-0.3, -0.25) is 4.57 Å². The van der Waals surface area contributed by atoms with Gasteiger partial charge in [0, 0.05) is 0 Å². The maximum atomic E-state index is 13.3. The predicted molar refractivity (Wildman–Crippen MR) is 110 cm³/mol. The van der Waals surface area contributed by atoms with Crippen molar-refractivity contribution in [3.63, 3.8) is 0 Å². The lowest BCUT2D eigenvalue weighted by atomic mass is 10.2. The largest absolute Gasteiger partial charge is 0.465 e. The molecule has 0 bridgehead atoms. The smallest absolute Gasteiger partial charge is 0.416 e. The van der Waals surface area contributed by atoms with Gasteiger partial charge < -0.3 is 4.74 Å². The molecule has 32 heavy (non-hydrogen) atoms. The summed E-state index contributed by atoms with van der Waals surface area (Å²) in [5.41, 5.74) is 1.60. The van der Waals surface area contributed by atoms with E-state index in [9.17, 15) is 13.2 Å². The second-order valence-corrected chi connectivity index (χ2v) is 6.80. The van der Waals surface area contributed by atoms with E-state index in [1.807, 2.05) is 0 Å². The number of nitrogens with zero attached hydrogens (tertiary/aromatic N) is 6. The van der Waals surface area contributed by atoms with Crippen LogP contribution in [-0.2, 0) is 6.18 Å². The van der Waals surface area contributed by atoms with Gasteiger partial charge in [0.05, 0.1) is 40.9 Å². The fraction of sp³-hybridized carbons (Fsp3) is 0.182. The number of imidazole rings is 1. The van der Waals surface area contributed by atoms with Gasteiger partial charge >= 0.3 is 12.2 Å². The van der Waals surface area contributed by atoms with Gasteiger partial charge in [-0.2, -0.15) is 28.5 Å². The molecule has 2 heterocycles. The normalized spacial score (nSPS) is 11.4. The molecule has 0 amide bonds. The molecule has 0 aliphatic carbocycles. The fourth-order valence-electron chi connectivity index (χ4n) is 3.31. The van der Waals surface area contributed by atoms with Crippen molar-refractivity contribution in [3.05, 3.63) is 71.7 Å². The maximum Gasteiger partial charge on any atom is 0.416 e. The summed E-state index contributed by atoms with van der Waals surface area (Å²) < 4.78 is 48.5. The first kappa shape index (κ1) is 21.1. The predicted octanol–water partition coefficient (Wildman–Crippen LogP) is 4.72. The van der Waals surface area contributed by atoms with Gasteiger partial charge in [0.1, 0.15) is 12.0 Å². The van der Waals surface area contributed by atoms with Crippen molar-refractivity contribution < 1.29 is 17.9 Å². The first-order chi connectivity index (χ1) is 15.3. The first-order valence-corrected chi connectivity index (χ1v) is 9.64. The first-order valence-electron chi connectivity index (χ1n) is 9.64. The zero-order valence-electron chi connectivity index (χ0n) is 17.1. The molecule has 10 heteroatoms. The van der Waals surface area contributed by atoms with Crippen molar-refractivity contribution in [2.75, 3.05) is 6.61 Å². The number of ether oxygens (including phenoxy) is 1. The molecule has 0 aliphatic heterocycles. The van der Waals surface area contributed by atoms with Crippen LogP contribution in [0.15, 0.2) is 54.9 Å². The van der Waals surface area contributed by atoms with Crippen molar-refractivity contribution >= 4 is 0 Å². The van der Waals surface area contributed by atoms with Crippen LogP contribution in [0.3, 0.4) is 0 Å². The van der Waals surface area contributed by atoms with Crippen LogP contribution in [0, 0.1) is 18.3 Å². The van der Waals surface area contributed by atoms with Crippen LogP contribution in [0.25, 0.3) is 22.9 Å². The summed E-state index contributed by atoms with van der Waals surface area (Å²) in [6.07, 6.45) is -3.12. The summed E-state index contributed by atoms with van der Waals surface area (Å²) in [6.45, 7) is 3.76. The molecule has 2 aromatic carbocycles. The molecule has 162 valence electrons. The monoisotopic (exact) mass is 438 g/mol. The third kappa shape index (κ3) is 3.80. The fourth-order valence-corrected chi connectivity index (χ4v) is 3.31. The minimum absolute atomic E-state index is 0.147. The minimum Gasteiger partial charge on any atom is -0.465 e. The molecule has 7 nitrogen and oxygen atoms in total. The Morgan fingerprint density at radius 1 is 1.09 bits per heavy atom. The zero-order valence-corrected chi connectivity index (χ0v) is 17.1. The molecule has 0 radical (unpaired) electrons. The van der Waals surface area contributed by atoms with Crippen LogP contribution >= 0.6 is 0 Å². The number of hydrogen-bond donors (Lipinski definition) is 0. The quantitative estimate of drug-likeness (QED) is 0.451. The Morgan fingerprint density at radius 2 is 1.84 bits per heavy atom. The lowest BCUT2D eigenvalue weighted by Crippen LogP contribution is -2.08. The Balaban J connectivity index is 1.86. The molecule has 0 N–H and O–H groups in total. The Labute approximate surface area is 181 Å². The van der Waals surface area contributed by atoms with Crippen molar-refractivity contribution in [1.82, 2.24) is 24.3 Å². The molecule has 0 fully saturated rings. The zero-order chi connectivity index (χ0) is 22.9. The number of nitriles is 1. The number of halogens is 3. The lowest BCUT2D eigenvalue weighted by Gasteiger charge is -2.13. The van der Waals surface area contributed by atoms with E-state index in [0.717, 1.165) is 12.1 Å². The highest BCUT2D eigenvalue weighted by Crippen LogP contribution is 2.34. The highest BCUT2D eigenvalue weighted by atomic mass is 19.4. The average molecular weight is 438 g/mol. The molecule has 0 aliphatic rings. The molecule has 2 aromatic heterocycles. The highest BCUT2D eigenvalue weighted by Gasteiger charge is 2.31. The van der Waals surface area contributed by atoms with Crippen molar-refractivity contribution in [1.29, 1.82) is 5.26 Å². The number of hydrogen-bond acceptors (Lipinski definition) is 5. The van der Waals surface area contributed by atoms with Gasteiger partial charge in [-0.15, -0.1) is 0 Å². The summed E-state index contributed by atoms with van der Waals surface area (Å²) in [5.74, 6) is 0.388. The van der Waals surface area contributed by atoms with Crippen LogP contribution in [0.5, 0.6) is 6.01 Å².